The van der Waals surface area contributed by atoms with Crippen molar-refractivity contribution in [2.24, 2.45) is 5.73 Å². The maximum Gasteiger partial charge on any atom is 0.222 e. The van der Waals surface area contributed by atoms with Gasteiger partial charge in [-0.2, -0.15) is 0 Å². The third-order valence-electron chi connectivity index (χ3n) is 4.93. The molecule has 1 aliphatic heterocycles. The fraction of sp³-hybridized carbons (Fsp3) is 0.640. The summed E-state index contributed by atoms with van der Waals surface area (Å²) in [4.78, 5) is 14.0. The molecular formula is C25H42N2O2. The van der Waals surface area contributed by atoms with E-state index >= 15 is 0 Å². The van der Waals surface area contributed by atoms with Crippen molar-refractivity contribution in [3.63, 3.8) is 0 Å². The second-order valence-corrected chi connectivity index (χ2v) is 7.47. The molecule has 0 aromatic heterocycles. The molecule has 0 atom stereocenters. The first-order valence-corrected chi connectivity index (χ1v) is 11.5. The Balaban J connectivity index is 1.88. The van der Waals surface area contributed by atoms with Gasteiger partial charge in [0.05, 0.1) is 13.2 Å². The van der Waals surface area contributed by atoms with Crippen molar-refractivity contribution in [3.05, 3.63) is 48.6 Å². The van der Waals surface area contributed by atoms with Gasteiger partial charge in [0.25, 0.3) is 0 Å². The molecule has 0 aromatic rings. The van der Waals surface area contributed by atoms with Crippen molar-refractivity contribution in [3.8, 4) is 0 Å². The Bertz CT molecular complexity index is 503. The minimum atomic E-state index is 0.293. The number of ether oxygens (including phenoxy) is 1. The van der Waals surface area contributed by atoms with Gasteiger partial charge >= 0.3 is 0 Å². The fourth-order valence-electron chi connectivity index (χ4n) is 3.14. The third kappa shape index (κ3) is 15.9. The van der Waals surface area contributed by atoms with Crippen LogP contribution in [0.2, 0.25) is 0 Å². The predicted octanol–water partition coefficient (Wildman–Crippen LogP) is 5.32. The number of hydrogen-bond donors (Lipinski definition) is 1. The van der Waals surface area contributed by atoms with Gasteiger partial charge in [0.1, 0.15) is 0 Å². The lowest BCUT2D eigenvalue weighted by atomic mass is 10.1. The average molecular weight is 403 g/mol. The topological polar surface area (TPSA) is 55.6 Å². The predicted molar refractivity (Wildman–Crippen MR) is 124 cm³/mol. The van der Waals surface area contributed by atoms with E-state index in [-0.39, 0.29) is 0 Å². The zero-order valence-electron chi connectivity index (χ0n) is 18.3. The minimum Gasteiger partial charge on any atom is -0.378 e. The van der Waals surface area contributed by atoms with E-state index in [0.717, 1.165) is 71.0 Å². The number of unbranched alkanes of at least 4 members (excludes halogenated alkanes) is 5. The molecule has 0 radical (unpaired) electrons. The molecular weight excluding hydrogens is 360 g/mol. The van der Waals surface area contributed by atoms with Crippen LogP contribution in [-0.2, 0) is 9.53 Å². The van der Waals surface area contributed by atoms with Gasteiger partial charge < -0.3 is 15.4 Å². The largest absolute Gasteiger partial charge is 0.378 e. The van der Waals surface area contributed by atoms with Crippen LogP contribution in [0.25, 0.3) is 0 Å². The molecule has 1 saturated heterocycles. The van der Waals surface area contributed by atoms with Crippen LogP contribution in [0.5, 0.6) is 0 Å². The van der Waals surface area contributed by atoms with E-state index in [1.54, 1.807) is 0 Å². The lowest BCUT2D eigenvalue weighted by Crippen LogP contribution is -2.40. The van der Waals surface area contributed by atoms with Gasteiger partial charge in [-0.15, -0.1) is 0 Å². The summed E-state index contributed by atoms with van der Waals surface area (Å²) >= 11 is 0. The Kier molecular flexibility index (Phi) is 17.2. The van der Waals surface area contributed by atoms with Crippen molar-refractivity contribution in [1.29, 1.82) is 0 Å². The first-order valence-electron chi connectivity index (χ1n) is 11.5. The number of carbonyl (C=O) groups is 1. The molecule has 0 bridgehead atoms. The summed E-state index contributed by atoms with van der Waals surface area (Å²) in [6.45, 7) is 3.70. The highest BCUT2D eigenvalue weighted by molar-refractivity contribution is 5.76. The zero-order chi connectivity index (χ0) is 20.8. The summed E-state index contributed by atoms with van der Waals surface area (Å²) in [6.07, 6.45) is 29.5. The average Bonchev–Trinajstić information content (AvgIpc) is 2.75. The molecule has 0 aliphatic carbocycles. The number of allylic oxidation sites excluding steroid dienone is 8. The fourth-order valence-corrected chi connectivity index (χ4v) is 3.14. The third-order valence-corrected chi connectivity index (χ3v) is 4.93. The van der Waals surface area contributed by atoms with Gasteiger partial charge in [0.2, 0.25) is 5.91 Å². The van der Waals surface area contributed by atoms with E-state index in [4.69, 9.17) is 10.5 Å². The van der Waals surface area contributed by atoms with E-state index < -0.39 is 0 Å². The van der Waals surface area contributed by atoms with E-state index in [2.05, 4.69) is 48.6 Å². The number of carbonyl (C=O) groups excluding carboxylic acids is 1. The van der Waals surface area contributed by atoms with Gasteiger partial charge in [-0.05, 0) is 64.3 Å². The molecule has 4 nitrogen and oxygen atoms in total. The molecule has 0 spiro atoms. The molecule has 2 N–H and O–H groups in total. The normalized spacial score (nSPS) is 15.6. The first kappa shape index (κ1) is 25.4. The zero-order valence-corrected chi connectivity index (χ0v) is 18.3. The Morgan fingerprint density at radius 2 is 1.24 bits per heavy atom. The summed E-state index contributed by atoms with van der Waals surface area (Å²) in [5.41, 5.74) is 5.47. The van der Waals surface area contributed by atoms with Crippen LogP contribution in [0.15, 0.2) is 48.6 Å². The highest BCUT2D eigenvalue weighted by Gasteiger charge is 2.15. The Labute approximate surface area is 178 Å². The molecule has 1 aliphatic rings. The summed E-state index contributed by atoms with van der Waals surface area (Å²) in [5.74, 6) is 0.293. The van der Waals surface area contributed by atoms with Crippen LogP contribution in [0, 0.1) is 0 Å². The molecule has 1 rings (SSSR count). The van der Waals surface area contributed by atoms with Gasteiger partial charge in [0, 0.05) is 19.5 Å². The number of nitrogens with zero attached hydrogens (tertiary/aromatic N) is 1. The van der Waals surface area contributed by atoms with Crippen LogP contribution < -0.4 is 5.73 Å². The molecule has 0 saturated carbocycles. The van der Waals surface area contributed by atoms with Crippen molar-refractivity contribution in [1.82, 2.24) is 4.90 Å². The maximum atomic E-state index is 12.0. The molecule has 1 fully saturated rings. The second kappa shape index (κ2) is 19.7. The van der Waals surface area contributed by atoms with E-state index in [1.807, 2.05) is 4.90 Å². The number of morpholine rings is 1. The van der Waals surface area contributed by atoms with Crippen LogP contribution in [0.1, 0.15) is 70.6 Å². The van der Waals surface area contributed by atoms with Crippen LogP contribution in [-0.4, -0.2) is 43.7 Å². The summed E-state index contributed by atoms with van der Waals surface area (Å²) in [7, 11) is 0. The highest BCUT2D eigenvalue weighted by Crippen LogP contribution is 2.08. The number of rotatable bonds is 16. The van der Waals surface area contributed by atoms with Crippen molar-refractivity contribution in [2.75, 3.05) is 32.8 Å². The van der Waals surface area contributed by atoms with Crippen molar-refractivity contribution in [2.45, 2.75) is 70.6 Å². The SMILES string of the molecule is NCCCCC=CCC=CCC=CCC=CCCCCCC(=O)N1CCOCC1. The molecule has 1 amide bonds. The van der Waals surface area contributed by atoms with Gasteiger partial charge in [0.15, 0.2) is 0 Å². The summed E-state index contributed by atoms with van der Waals surface area (Å²) in [5, 5.41) is 0. The molecule has 0 unspecified atom stereocenters. The Morgan fingerprint density at radius 1 is 0.724 bits per heavy atom. The quantitative estimate of drug-likeness (QED) is 0.281. The standard InChI is InChI=1S/C25H42N2O2/c26-20-18-16-14-12-10-8-6-4-2-1-3-5-7-9-11-13-15-17-19-25(28)27-21-23-29-24-22-27/h1,3-4,6-7,9-10,12H,2,5,8,11,13-24,26H2. The molecule has 4 heteroatoms. The van der Waals surface area contributed by atoms with Gasteiger partial charge in [-0.3, -0.25) is 4.79 Å². The highest BCUT2D eigenvalue weighted by atomic mass is 16.5. The molecule has 29 heavy (non-hydrogen) atoms. The summed E-state index contributed by atoms with van der Waals surface area (Å²) in [6, 6.07) is 0. The molecule has 0 aromatic carbocycles. The smallest absolute Gasteiger partial charge is 0.222 e. The second-order valence-electron chi connectivity index (χ2n) is 7.47. The number of nitrogens with two attached hydrogens (primary N) is 1. The molecule has 1 heterocycles. The van der Waals surface area contributed by atoms with Crippen LogP contribution in [0.4, 0.5) is 0 Å². The number of amides is 1. The lowest BCUT2D eigenvalue weighted by Gasteiger charge is -2.26. The van der Waals surface area contributed by atoms with E-state index in [1.165, 1.54) is 12.8 Å². The number of hydrogen-bond acceptors (Lipinski definition) is 3. The Hall–Kier alpha value is -1.65. The lowest BCUT2D eigenvalue weighted by molar-refractivity contribution is -0.135. The van der Waals surface area contributed by atoms with Crippen LogP contribution >= 0.6 is 0 Å². The molecule has 164 valence electrons. The van der Waals surface area contributed by atoms with E-state index in [0.29, 0.717) is 25.5 Å². The summed E-state index contributed by atoms with van der Waals surface area (Å²) < 4.78 is 5.28. The van der Waals surface area contributed by atoms with Crippen LogP contribution in [0.3, 0.4) is 0 Å². The Morgan fingerprint density at radius 3 is 1.79 bits per heavy atom. The van der Waals surface area contributed by atoms with Crippen molar-refractivity contribution >= 4 is 5.91 Å². The van der Waals surface area contributed by atoms with E-state index in [9.17, 15) is 4.79 Å². The van der Waals surface area contributed by atoms with Gasteiger partial charge in [-0.1, -0.05) is 55.0 Å². The monoisotopic (exact) mass is 402 g/mol. The minimum absolute atomic E-state index is 0.293. The van der Waals surface area contributed by atoms with Crippen molar-refractivity contribution < 1.29 is 9.53 Å². The maximum absolute atomic E-state index is 12.0. The van der Waals surface area contributed by atoms with Gasteiger partial charge in [-0.25, -0.2) is 0 Å². The first-order chi connectivity index (χ1) is 14.3.